The molecular formula is C21H24N2O5S. The normalized spacial score (nSPS) is 17.4. The molecule has 1 N–H and O–H groups in total. The van der Waals surface area contributed by atoms with Gasteiger partial charge >= 0.3 is 0 Å². The van der Waals surface area contributed by atoms with Crippen molar-refractivity contribution in [2.75, 3.05) is 24.7 Å². The van der Waals surface area contributed by atoms with Crippen LogP contribution >= 0.6 is 0 Å². The van der Waals surface area contributed by atoms with Crippen molar-refractivity contribution in [3.8, 4) is 11.5 Å². The molecular weight excluding hydrogens is 392 g/mol. The van der Waals surface area contributed by atoms with Crippen LogP contribution in [-0.2, 0) is 14.8 Å². The second-order valence-corrected chi connectivity index (χ2v) is 9.06. The van der Waals surface area contributed by atoms with Gasteiger partial charge in [-0.1, -0.05) is 6.07 Å². The standard InChI is InChI=1S/C21H24N2O5S/c1-14-12-17(6-7-18(14)23-9-3-4-21(23)24)29(25,26)22-15(2)16-5-8-19-20(13-16)28-11-10-27-19/h5-8,12-13,15,22H,3-4,9-11H2,1-2H3. The molecule has 0 aliphatic carbocycles. The lowest BCUT2D eigenvalue weighted by Gasteiger charge is -2.22. The third-order valence-electron chi connectivity index (χ3n) is 5.24. The number of carbonyl (C=O) groups is 1. The van der Waals surface area contributed by atoms with E-state index in [1.54, 1.807) is 42.2 Å². The minimum atomic E-state index is -3.73. The van der Waals surface area contributed by atoms with Gasteiger partial charge in [-0.15, -0.1) is 0 Å². The maximum atomic E-state index is 12.9. The molecule has 2 aromatic rings. The Bertz CT molecular complexity index is 1050. The number of anilines is 1. The van der Waals surface area contributed by atoms with Crippen molar-refractivity contribution in [2.45, 2.75) is 37.6 Å². The van der Waals surface area contributed by atoms with Crippen LogP contribution in [0, 0.1) is 6.92 Å². The molecule has 0 aromatic heterocycles. The minimum absolute atomic E-state index is 0.0778. The number of ether oxygens (including phenoxy) is 2. The lowest BCUT2D eigenvalue weighted by atomic mass is 10.1. The molecule has 1 fully saturated rings. The van der Waals surface area contributed by atoms with Crippen LogP contribution in [0.2, 0.25) is 0 Å². The smallest absolute Gasteiger partial charge is 0.241 e. The highest BCUT2D eigenvalue weighted by molar-refractivity contribution is 7.89. The Morgan fingerprint density at radius 2 is 1.83 bits per heavy atom. The summed E-state index contributed by atoms with van der Waals surface area (Å²) in [6, 6.07) is 9.84. The fourth-order valence-electron chi connectivity index (χ4n) is 3.70. The van der Waals surface area contributed by atoms with E-state index < -0.39 is 16.1 Å². The van der Waals surface area contributed by atoms with Gasteiger partial charge in [0, 0.05) is 24.7 Å². The predicted molar refractivity (Wildman–Crippen MR) is 109 cm³/mol. The summed E-state index contributed by atoms with van der Waals surface area (Å²) >= 11 is 0. The molecule has 7 nitrogen and oxygen atoms in total. The predicted octanol–water partition coefficient (Wildman–Crippen LogP) is 2.93. The molecule has 1 amide bonds. The molecule has 2 heterocycles. The van der Waals surface area contributed by atoms with Gasteiger partial charge < -0.3 is 14.4 Å². The number of fused-ring (bicyclic) bond motifs is 1. The number of nitrogens with zero attached hydrogens (tertiary/aromatic N) is 1. The highest BCUT2D eigenvalue weighted by Crippen LogP contribution is 2.33. The number of hydrogen-bond acceptors (Lipinski definition) is 5. The first-order valence-electron chi connectivity index (χ1n) is 9.68. The van der Waals surface area contributed by atoms with Gasteiger partial charge in [0.05, 0.1) is 4.90 Å². The second kappa shape index (κ2) is 7.68. The van der Waals surface area contributed by atoms with E-state index in [2.05, 4.69) is 4.72 Å². The molecule has 0 radical (unpaired) electrons. The van der Waals surface area contributed by atoms with E-state index in [-0.39, 0.29) is 10.8 Å². The van der Waals surface area contributed by atoms with Crippen LogP contribution < -0.4 is 19.1 Å². The van der Waals surface area contributed by atoms with Crippen molar-refractivity contribution in [1.29, 1.82) is 0 Å². The van der Waals surface area contributed by atoms with Crippen LogP contribution in [0.5, 0.6) is 11.5 Å². The number of sulfonamides is 1. The first kappa shape index (κ1) is 19.7. The van der Waals surface area contributed by atoms with Crippen molar-refractivity contribution in [1.82, 2.24) is 4.72 Å². The van der Waals surface area contributed by atoms with E-state index in [1.807, 2.05) is 13.0 Å². The van der Waals surface area contributed by atoms with Crippen molar-refractivity contribution < 1.29 is 22.7 Å². The van der Waals surface area contributed by atoms with E-state index in [9.17, 15) is 13.2 Å². The van der Waals surface area contributed by atoms with Gasteiger partial charge in [0.25, 0.3) is 0 Å². The summed E-state index contributed by atoms with van der Waals surface area (Å²) < 4.78 is 39.6. The largest absolute Gasteiger partial charge is 0.486 e. The monoisotopic (exact) mass is 416 g/mol. The molecule has 1 atom stereocenters. The molecule has 0 spiro atoms. The maximum Gasteiger partial charge on any atom is 0.241 e. The maximum absolute atomic E-state index is 12.9. The van der Waals surface area contributed by atoms with Gasteiger partial charge in [-0.05, 0) is 61.7 Å². The van der Waals surface area contributed by atoms with Gasteiger partial charge in [-0.25, -0.2) is 13.1 Å². The molecule has 2 aliphatic rings. The Balaban J connectivity index is 1.54. The van der Waals surface area contributed by atoms with Crippen molar-refractivity contribution in [3.05, 3.63) is 47.5 Å². The first-order chi connectivity index (χ1) is 13.8. The molecule has 0 bridgehead atoms. The van der Waals surface area contributed by atoms with Crippen LogP contribution in [0.4, 0.5) is 5.69 Å². The topological polar surface area (TPSA) is 84.9 Å². The van der Waals surface area contributed by atoms with E-state index in [0.717, 1.165) is 23.2 Å². The average Bonchev–Trinajstić information content (AvgIpc) is 3.12. The summed E-state index contributed by atoms with van der Waals surface area (Å²) in [5.41, 5.74) is 2.32. The van der Waals surface area contributed by atoms with Gasteiger partial charge in [0.15, 0.2) is 11.5 Å². The van der Waals surface area contributed by atoms with E-state index in [0.29, 0.717) is 37.7 Å². The number of rotatable bonds is 5. The fraction of sp³-hybridized carbons (Fsp3) is 0.381. The zero-order valence-electron chi connectivity index (χ0n) is 16.5. The molecule has 1 saturated heterocycles. The van der Waals surface area contributed by atoms with Gasteiger partial charge in [-0.3, -0.25) is 4.79 Å². The molecule has 0 saturated carbocycles. The van der Waals surface area contributed by atoms with Crippen LogP contribution in [-0.4, -0.2) is 34.1 Å². The van der Waals surface area contributed by atoms with Crippen molar-refractivity contribution in [3.63, 3.8) is 0 Å². The van der Waals surface area contributed by atoms with Crippen LogP contribution in [0.25, 0.3) is 0 Å². The number of benzene rings is 2. The summed E-state index contributed by atoms with van der Waals surface area (Å²) in [7, 11) is -3.73. The molecule has 29 heavy (non-hydrogen) atoms. The number of nitrogens with one attached hydrogen (secondary N) is 1. The molecule has 4 rings (SSSR count). The Morgan fingerprint density at radius 1 is 1.07 bits per heavy atom. The molecule has 2 aliphatic heterocycles. The lowest BCUT2D eigenvalue weighted by molar-refractivity contribution is -0.117. The Morgan fingerprint density at radius 3 is 2.52 bits per heavy atom. The second-order valence-electron chi connectivity index (χ2n) is 7.34. The summed E-state index contributed by atoms with van der Waals surface area (Å²) in [5.74, 6) is 1.36. The van der Waals surface area contributed by atoms with E-state index >= 15 is 0 Å². The number of hydrogen-bond donors (Lipinski definition) is 1. The van der Waals surface area contributed by atoms with Crippen LogP contribution in [0.15, 0.2) is 41.3 Å². The van der Waals surface area contributed by atoms with Crippen LogP contribution in [0.3, 0.4) is 0 Å². The zero-order valence-corrected chi connectivity index (χ0v) is 17.3. The van der Waals surface area contributed by atoms with Gasteiger partial charge in [-0.2, -0.15) is 0 Å². The summed E-state index contributed by atoms with van der Waals surface area (Å²) in [4.78, 5) is 13.9. The average molecular weight is 416 g/mol. The fourth-order valence-corrected chi connectivity index (χ4v) is 5.02. The van der Waals surface area contributed by atoms with E-state index in [1.165, 1.54) is 0 Å². The first-order valence-corrected chi connectivity index (χ1v) is 11.2. The number of amides is 1. The minimum Gasteiger partial charge on any atom is -0.486 e. The summed E-state index contributed by atoms with van der Waals surface area (Å²) in [5, 5.41) is 0. The quantitative estimate of drug-likeness (QED) is 0.810. The third kappa shape index (κ3) is 3.95. The van der Waals surface area contributed by atoms with Gasteiger partial charge in [0.2, 0.25) is 15.9 Å². The summed E-state index contributed by atoms with van der Waals surface area (Å²) in [6.07, 6.45) is 1.36. The summed E-state index contributed by atoms with van der Waals surface area (Å²) in [6.45, 7) is 5.26. The SMILES string of the molecule is Cc1cc(S(=O)(=O)NC(C)c2ccc3c(c2)OCCO3)ccc1N1CCCC1=O. The highest BCUT2D eigenvalue weighted by Gasteiger charge is 2.25. The Kier molecular flexibility index (Phi) is 5.23. The number of aryl methyl sites for hydroxylation is 1. The Hall–Kier alpha value is -2.58. The number of carbonyl (C=O) groups excluding carboxylic acids is 1. The third-order valence-corrected chi connectivity index (χ3v) is 6.78. The van der Waals surface area contributed by atoms with Crippen molar-refractivity contribution >= 4 is 21.6 Å². The van der Waals surface area contributed by atoms with Crippen molar-refractivity contribution in [2.24, 2.45) is 0 Å². The zero-order chi connectivity index (χ0) is 20.6. The van der Waals surface area contributed by atoms with E-state index in [4.69, 9.17) is 9.47 Å². The molecule has 154 valence electrons. The Labute approximate surface area is 170 Å². The van der Waals surface area contributed by atoms with Gasteiger partial charge in [0.1, 0.15) is 13.2 Å². The highest BCUT2D eigenvalue weighted by atomic mass is 32.2. The van der Waals surface area contributed by atoms with Crippen LogP contribution in [0.1, 0.15) is 36.9 Å². The molecule has 2 aromatic carbocycles. The molecule has 1 unspecified atom stereocenters. The lowest BCUT2D eigenvalue weighted by Crippen LogP contribution is -2.28. The molecule has 8 heteroatoms.